The maximum absolute atomic E-state index is 11.8. The third-order valence-electron chi connectivity index (χ3n) is 1.27. The van der Waals surface area contributed by atoms with E-state index >= 15 is 0 Å². The summed E-state index contributed by atoms with van der Waals surface area (Å²) in [5.74, 6) is -2.52. The van der Waals surface area contributed by atoms with Gasteiger partial charge in [0.05, 0.1) is 21.3 Å². The van der Waals surface area contributed by atoms with Gasteiger partial charge in [-0.05, 0) is 0 Å². The van der Waals surface area contributed by atoms with Crippen LogP contribution in [0.15, 0.2) is 0 Å². The zero-order valence-electron chi connectivity index (χ0n) is 8.79. The molecule has 90 valence electrons. The summed E-state index contributed by atoms with van der Waals surface area (Å²) < 4.78 is 29.4. The molecule has 0 saturated carbocycles. The topological polar surface area (TPSA) is 89.5 Å². The molecule has 0 spiro atoms. The summed E-state index contributed by atoms with van der Waals surface area (Å²) in [5, 5.41) is 0. The number of hydrogen-bond acceptors (Lipinski definition) is 8. The average Bonchev–Trinajstić information content (AvgIpc) is 2.19. The van der Waals surface area contributed by atoms with Gasteiger partial charge in [0.25, 0.3) is 5.85 Å². The van der Waals surface area contributed by atoms with Crippen molar-refractivity contribution in [3.8, 4) is 0 Å². The number of rotatable bonds is 7. The Morgan fingerprint density at radius 2 is 1.53 bits per heavy atom. The van der Waals surface area contributed by atoms with E-state index in [4.69, 9.17) is 0 Å². The van der Waals surface area contributed by atoms with Gasteiger partial charge in [-0.2, -0.15) is 0 Å². The van der Waals surface area contributed by atoms with Crippen LogP contribution in [0, 0.1) is 0 Å². The van der Waals surface area contributed by atoms with Crippen molar-refractivity contribution >= 4 is 13.6 Å². The lowest BCUT2D eigenvalue weighted by Crippen LogP contribution is -2.26. The average molecular weight is 244 g/mol. The fourth-order valence-corrected chi connectivity index (χ4v) is 1.97. The van der Waals surface area contributed by atoms with E-state index in [0.29, 0.717) is 0 Å². The van der Waals surface area contributed by atoms with Crippen molar-refractivity contribution in [3.63, 3.8) is 0 Å². The van der Waals surface area contributed by atoms with Crippen molar-refractivity contribution < 1.29 is 38.0 Å². The number of esters is 1. The zero-order valence-corrected chi connectivity index (χ0v) is 9.68. The van der Waals surface area contributed by atoms with E-state index in [1.165, 1.54) is 0 Å². The minimum Gasteiger partial charge on any atom is -0.467 e. The van der Waals surface area contributed by atoms with Crippen LogP contribution >= 0.6 is 7.60 Å². The predicted octanol–water partition coefficient (Wildman–Crippen LogP) is 0.481. The molecule has 0 aromatic rings. The molecular formula is C6H13O8P. The summed E-state index contributed by atoms with van der Waals surface area (Å²) in [6.45, 7) is 0. The minimum absolute atomic E-state index is 0.935. The van der Waals surface area contributed by atoms with Crippen LogP contribution in [-0.2, 0) is 38.0 Å². The lowest BCUT2D eigenvalue weighted by atomic mass is 10.7. The van der Waals surface area contributed by atoms with Gasteiger partial charge in [-0.25, -0.2) is 14.6 Å². The van der Waals surface area contributed by atoms with E-state index in [1.54, 1.807) is 0 Å². The van der Waals surface area contributed by atoms with E-state index in [1.807, 2.05) is 0 Å². The zero-order chi connectivity index (χ0) is 11.9. The molecule has 0 aromatic heterocycles. The van der Waals surface area contributed by atoms with Crippen LogP contribution in [0.25, 0.3) is 0 Å². The van der Waals surface area contributed by atoms with Gasteiger partial charge in [-0.3, -0.25) is 4.57 Å². The maximum Gasteiger partial charge on any atom is 0.424 e. The van der Waals surface area contributed by atoms with Crippen LogP contribution in [0.1, 0.15) is 0 Å². The largest absolute Gasteiger partial charge is 0.467 e. The second-order valence-corrected chi connectivity index (χ2v) is 3.98. The molecule has 0 fully saturated rings. The van der Waals surface area contributed by atoms with Crippen LogP contribution in [0.4, 0.5) is 0 Å². The Morgan fingerprint density at radius 1 is 1.07 bits per heavy atom. The highest BCUT2D eigenvalue weighted by atomic mass is 31.2. The summed E-state index contributed by atoms with van der Waals surface area (Å²) in [4.78, 5) is 19.5. The Morgan fingerprint density at radius 3 is 1.80 bits per heavy atom. The van der Waals surface area contributed by atoms with E-state index < -0.39 is 19.4 Å². The van der Waals surface area contributed by atoms with Gasteiger partial charge in [0.1, 0.15) is 0 Å². The summed E-state index contributed by atoms with van der Waals surface area (Å²) in [6, 6.07) is 0. The first-order chi connectivity index (χ1) is 7.05. The summed E-state index contributed by atoms with van der Waals surface area (Å²) in [7, 11) is 0.369. The molecular weight excluding hydrogens is 231 g/mol. The Labute approximate surface area is 86.7 Å². The van der Waals surface area contributed by atoms with Crippen molar-refractivity contribution in [3.05, 3.63) is 0 Å². The van der Waals surface area contributed by atoms with E-state index in [2.05, 4.69) is 28.6 Å². The van der Waals surface area contributed by atoms with Crippen molar-refractivity contribution in [2.45, 2.75) is 5.85 Å². The Balaban J connectivity index is 4.84. The highest BCUT2D eigenvalue weighted by molar-refractivity contribution is 7.55. The van der Waals surface area contributed by atoms with Crippen LogP contribution < -0.4 is 0 Å². The normalized spacial score (nSPS) is 13.6. The number of carbonyl (C=O) groups is 1. The molecule has 0 aromatic carbocycles. The summed E-state index contributed by atoms with van der Waals surface area (Å²) >= 11 is 0. The monoisotopic (exact) mass is 244 g/mol. The third kappa shape index (κ3) is 3.86. The molecule has 0 amide bonds. The molecule has 8 nitrogen and oxygen atoms in total. The first-order valence-corrected chi connectivity index (χ1v) is 5.32. The lowest BCUT2D eigenvalue weighted by molar-refractivity contribution is -0.248. The maximum atomic E-state index is 11.8. The van der Waals surface area contributed by atoms with Crippen LogP contribution in [0.2, 0.25) is 0 Å². The SMILES string of the molecule is COOP(=O)(OOC)[C@H](OC)C(=O)OC. The highest BCUT2D eigenvalue weighted by Crippen LogP contribution is 2.53. The fraction of sp³-hybridized carbons (Fsp3) is 0.833. The van der Waals surface area contributed by atoms with E-state index in [-0.39, 0.29) is 0 Å². The molecule has 0 N–H and O–H groups in total. The smallest absolute Gasteiger partial charge is 0.424 e. The lowest BCUT2D eigenvalue weighted by Gasteiger charge is -2.19. The standard InChI is InChI=1S/C6H13O8P/c1-9-5(7)6(10-2)15(8,13-11-3)14-12-4/h6H,1-4H3/t6-/m0/s1. The van der Waals surface area contributed by atoms with Crippen molar-refractivity contribution in [1.29, 1.82) is 0 Å². The molecule has 0 bridgehead atoms. The van der Waals surface area contributed by atoms with Crippen molar-refractivity contribution in [2.75, 3.05) is 28.4 Å². The predicted molar refractivity (Wildman–Crippen MR) is 46.6 cm³/mol. The molecule has 0 aliphatic heterocycles. The Hall–Kier alpha value is -0.500. The summed E-state index contributed by atoms with van der Waals surface area (Å²) in [5.41, 5.74) is 0. The van der Waals surface area contributed by atoms with Gasteiger partial charge < -0.3 is 9.47 Å². The summed E-state index contributed by atoms with van der Waals surface area (Å²) in [6.07, 6.45) is 0. The number of ether oxygens (including phenoxy) is 2. The second kappa shape index (κ2) is 6.89. The van der Waals surface area contributed by atoms with Gasteiger partial charge in [-0.1, -0.05) is 0 Å². The van der Waals surface area contributed by atoms with Crippen LogP contribution in [0.3, 0.4) is 0 Å². The molecule has 0 rings (SSSR count). The van der Waals surface area contributed by atoms with Gasteiger partial charge >= 0.3 is 13.6 Å². The highest BCUT2D eigenvalue weighted by Gasteiger charge is 2.45. The first kappa shape index (κ1) is 14.5. The second-order valence-electron chi connectivity index (χ2n) is 2.13. The third-order valence-corrected chi connectivity index (χ3v) is 2.98. The van der Waals surface area contributed by atoms with E-state index in [0.717, 1.165) is 28.4 Å². The molecule has 0 radical (unpaired) electrons. The van der Waals surface area contributed by atoms with Gasteiger partial charge in [0.2, 0.25) is 0 Å². The fourth-order valence-electron chi connectivity index (χ4n) is 0.754. The Kier molecular flexibility index (Phi) is 6.66. The van der Waals surface area contributed by atoms with Crippen LogP contribution in [-0.4, -0.2) is 40.3 Å². The molecule has 0 saturated heterocycles. The molecule has 0 heterocycles. The number of carbonyl (C=O) groups excluding carboxylic acids is 1. The molecule has 0 aliphatic rings. The van der Waals surface area contributed by atoms with Gasteiger partial charge in [-0.15, -0.1) is 9.35 Å². The molecule has 15 heavy (non-hydrogen) atoms. The number of hydrogen-bond donors (Lipinski definition) is 0. The first-order valence-electron chi connectivity index (χ1n) is 3.70. The Bertz CT molecular complexity index is 231. The van der Waals surface area contributed by atoms with E-state index in [9.17, 15) is 9.36 Å². The minimum atomic E-state index is -4.04. The molecule has 9 heteroatoms. The van der Waals surface area contributed by atoms with Gasteiger partial charge in [0, 0.05) is 7.11 Å². The molecule has 0 unspecified atom stereocenters. The van der Waals surface area contributed by atoms with Gasteiger partial charge in [0.15, 0.2) is 0 Å². The molecule has 0 aliphatic carbocycles. The van der Waals surface area contributed by atoms with Crippen molar-refractivity contribution in [1.82, 2.24) is 0 Å². The molecule has 1 atom stereocenters. The van der Waals surface area contributed by atoms with Crippen LogP contribution in [0.5, 0.6) is 0 Å². The number of methoxy groups -OCH3 is 2. The van der Waals surface area contributed by atoms with Crippen molar-refractivity contribution in [2.24, 2.45) is 0 Å². The quantitative estimate of drug-likeness (QED) is 0.276.